The van der Waals surface area contributed by atoms with Crippen molar-refractivity contribution in [3.8, 4) is 0 Å². The summed E-state index contributed by atoms with van der Waals surface area (Å²) < 4.78 is 5.59. The van der Waals surface area contributed by atoms with Crippen LogP contribution in [0.15, 0.2) is 46.9 Å². The maximum absolute atomic E-state index is 12.1. The van der Waals surface area contributed by atoms with Gasteiger partial charge in [0, 0.05) is 25.5 Å². The van der Waals surface area contributed by atoms with Crippen molar-refractivity contribution in [3.63, 3.8) is 0 Å². The molecule has 0 saturated heterocycles. The Labute approximate surface area is 149 Å². The van der Waals surface area contributed by atoms with Gasteiger partial charge in [0.1, 0.15) is 5.52 Å². The van der Waals surface area contributed by atoms with Crippen LogP contribution < -0.4 is 10.6 Å². The fourth-order valence-electron chi connectivity index (χ4n) is 2.35. The third kappa shape index (κ3) is 4.36. The Kier molecular flexibility index (Phi) is 5.00. The van der Waals surface area contributed by atoms with Crippen molar-refractivity contribution in [3.05, 3.63) is 53.4 Å². The van der Waals surface area contributed by atoms with E-state index >= 15 is 0 Å². The summed E-state index contributed by atoms with van der Waals surface area (Å²) in [4.78, 5) is 27.5. The van der Waals surface area contributed by atoms with E-state index in [1.807, 2.05) is 24.3 Å². The molecule has 6 nitrogen and oxygen atoms in total. The molecule has 0 fully saturated rings. The molecule has 0 unspecified atom stereocenters. The second kappa shape index (κ2) is 7.36. The molecule has 2 amide bonds. The number of hydrogen-bond acceptors (Lipinski definition) is 4. The number of aromatic nitrogens is 1. The molecule has 7 heteroatoms. The highest BCUT2D eigenvalue weighted by molar-refractivity contribution is 6.34. The van der Waals surface area contributed by atoms with E-state index < -0.39 is 0 Å². The van der Waals surface area contributed by atoms with Gasteiger partial charge < -0.3 is 15.1 Å². The minimum atomic E-state index is -0.211. The van der Waals surface area contributed by atoms with Crippen molar-refractivity contribution in [2.24, 2.45) is 0 Å². The minimum Gasteiger partial charge on any atom is -0.441 e. The maximum atomic E-state index is 12.1. The molecule has 0 radical (unpaired) electrons. The second-order valence-corrected chi connectivity index (χ2v) is 5.91. The standard InChI is InChI=1S/C18H16ClN3O3/c1-11(23)20-14-7-6-12(10-13(14)19)21-17(24)8-9-18-22-15-4-2-3-5-16(15)25-18/h2-7,10H,8-9H2,1H3,(H,20,23)(H,21,24). The molecule has 3 aromatic rings. The van der Waals surface area contributed by atoms with Gasteiger partial charge in [-0.3, -0.25) is 9.59 Å². The van der Waals surface area contributed by atoms with Crippen LogP contribution in [0, 0.1) is 0 Å². The molecule has 1 heterocycles. The van der Waals surface area contributed by atoms with Crippen LogP contribution in [0.5, 0.6) is 0 Å². The summed E-state index contributed by atoms with van der Waals surface area (Å²) in [6.07, 6.45) is 0.635. The predicted octanol–water partition coefficient (Wildman–Crippen LogP) is 4.01. The molecule has 2 aromatic carbocycles. The van der Waals surface area contributed by atoms with Gasteiger partial charge in [0.05, 0.1) is 10.7 Å². The average molecular weight is 358 g/mol. The third-order valence-corrected chi connectivity index (χ3v) is 3.78. The predicted molar refractivity (Wildman–Crippen MR) is 96.7 cm³/mol. The number of oxazole rings is 1. The van der Waals surface area contributed by atoms with Crippen LogP contribution in [0.25, 0.3) is 11.1 Å². The number of carbonyl (C=O) groups is 2. The van der Waals surface area contributed by atoms with Gasteiger partial charge in [0.25, 0.3) is 0 Å². The van der Waals surface area contributed by atoms with Crippen molar-refractivity contribution < 1.29 is 14.0 Å². The Hall–Kier alpha value is -2.86. The Morgan fingerprint density at radius 3 is 2.68 bits per heavy atom. The van der Waals surface area contributed by atoms with Gasteiger partial charge in [-0.15, -0.1) is 0 Å². The summed E-state index contributed by atoms with van der Waals surface area (Å²) in [7, 11) is 0. The highest BCUT2D eigenvalue weighted by Crippen LogP contribution is 2.25. The Bertz CT molecular complexity index is 903. The summed E-state index contributed by atoms with van der Waals surface area (Å²) in [5.74, 6) is 0.137. The van der Waals surface area contributed by atoms with Crippen LogP contribution in [0.3, 0.4) is 0 Å². The lowest BCUT2D eigenvalue weighted by molar-refractivity contribution is -0.116. The van der Waals surface area contributed by atoms with E-state index in [1.54, 1.807) is 18.2 Å². The van der Waals surface area contributed by atoms with Gasteiger partial charge in [0.15, 0.2) is 11.5 Å². The Morgan fingerprint density at radius 2 is 1.96 bits per heavy atom. The summed E-state index contributed by atoms with van der Waals surface area (Å²) in [6, 6.07) is 12.4. The normalized spacial score (nSPS) is 10.6. The summed E-state index contributed by atoms with van der Waals surface area (Å²) in [6.45, 7) is 1.40. The van der Waals surface area contributed by atoms with E-state index in [0.717, 1.165) is 5.52 Å². The van der Waals surface area contributed by atoms with Crippen LogP contribution in [0.2, 0.25) is 5.02 Å². The van der Waals surface area contributed by atoms with Gasteiger partial charge in [-0.05, 0) is 30.3 Å². The zero-order valence-corrected chi connectivity index (χ0v) is 14.3. The molecule has 0 aliphatic heterocycles. The van der Waals surface area contributed by atoms with Gasteiger partial charge in [-0.25, -0.2) is 4.98 Å². The monoisotopic (exact) mass is 357 g/mol. The van der Waals surface area contributed by atoms with Gasteiger partial charge in [0.2, 0.25) is 11.8 Å². The fourth-order valence-corrected chi connectivity index (χ4v) is 2.58. The topological polar surface area (TPSA) is 84.2 Å². The lowest BCUT2D eigenvalue weighted by Crippen LogP contribution is -2.13. The van der Waals surface area contributed by atoms with Gasteiger partial charge in [-0.1, -0.05) is 23.7 Å². The zero-order valence-electron chi connectivity index (χ0n) is 13.5. The molecule has 0 bridgehead atoms. The van der Waals surface area contributed by atoms with E-state index in [1.165, 1.54) is 6.92 Å². The van der Waals surface area contributed by atoms with Crippen LogP contribution in [-0.2, 0) is 16.0 Å². The number of aryl methyl sites for hydroxylation is 1. The molecule has 2 N–H and O–H groups in total. The van der Waals surface area contributed by atoms with Crippen LogP contribution >= 0.6 is 11.6 Å². The Morgan fingerprint density at radius 1 is 1.16 bits per heavy atom. The largest absolute Gasteiger partial charge is 0.441 e. The lowest BCUT2D eigenvalue weighted by Gasteiger charge is -2.08. The van der Waals surface area contributed by atoms with Crippen LogP contribution in [0.4, 0.5) is 11.4 Å². The number of benzene rings is 2. The van der Waals surface area contributed by atoms with Crippen molar-refractivity contribution >= 4 is 45.9 Å². The number of nitrogens with one attached hydrogen (secondary N) is 2. The van der Waals surface area contributed by atoms with Gasteiger partial charge in [-0.2, -0.15) is 0 Å². The van der Waals surface area contributed by atoms with Crippen molar-refractivity contribution in [2.75, 3.05) is 10.6 Å². The summed E-state index contributed by atoms with van der Waals surface area (Å²) >= 11 is 6.08. The molecule has 0 aliphatic rings. The number of amides is 2. The first-order chi connectivity index (χ1) is 12.0. The smallest absolute Gasteiger partial charge is 0.224 e. The maximum Gasteiger partial charge on any atom is 0.224 e. The first-order valence-electron chi connectivity index (χ1n) is 7.73. The molecular formula is C18H16ClN3O3. The molecule has 25 heavy (non-hydrogen) atoms. The number of fused-ring (bicyclic) bond motifs is 1. The minimum absolute atomic E-state index is 0.175. The number of para-hydroxylation sites is 2. The number of nitrogens with zero attached hydrogens (tertiary/aromatic N) is 1. The van der Waals surface area contributed by atoms with Crippen molar-refractivity contribution in [1.82, 2.24) is 4.98 Å². The van der Waals surface area contributed by atoms with E-state index in [2.05, 4.69) is 15.6 Å². The second-order valence-electron chi connectivity index (χ2n) is 5.50. The quantitative estimate of drug-likeness (QED) is 0.722. The number of hydrogen-bond donors (Lipinski definition) is 2. The fraction of sp³-hybridized carbons (Fsp3) is 0.167. The molecular weight excluding hydrogens is 342 g/mol. The molecule has 0 saturated carbocycles. The Balaban J connectivity index is 1.58. The highest BCUT2D eigenvalue weighted by Gasteiger charge is 2.10. The molecule has 0 atom stereocenters. The number of halogens is 1. The van der Waals surface area contributed by atoms with Crippen molar-refractivity contribution in [1.29, 1.82) is 0 Å². The van der Waals surface area contributed by atoms with Crippen molar-refractivity contribution in [2.45, 2.75) is 19.8 Å². The highest BCUT2D eigenvalue weighted by atomic mass is 35.5. The molecule has 0 spiro atoms. The number of anilines is 2. The number of rotatable bonds is 5. The zero-order chi connectivity index (χ0) is 17.8. The van der Waals surface area contributed by atoms with E-state index in [9.17, 15) is 9.59 Å². The number of carbonyl (C=O) groups excluding carboxylic acids is 2. The summed E-state index contributed by atoms with van der Waals surface area (Å²) in [5, 5.41) is 5.72. The van der Waals surface area contributed by atoms with E-state index in [-0.39, 0.29) is 18.2 Å². The molecule has 3 rings (SSSR count). The van der Waals surface area contributed by atoms with Crippen LogP contribution in [-0.4, -0.2) is 16.8 Å². The molecule has 128 valence electrons. The first-order valence-corrected chi connectivity index (χ1v) is 8.10. The SMILES string of the molecule is CC(=O)Nc1ccc(NC(=O)CCc2nc3ccccc3o2)cc1Cl. The lowest BCUT2D eigenvalue weighted by atomic mass is 10.2. The third-order valence-electron chi connectivity index (χ3n) is 3.47. The first kappa shape index (κ1) is 17.0. The van der Waals surface area contributed by atoms with Crippen LogP contribution in [0.1, 0.15) is 19.2 Å². The van der Waals surface area contributed by atoms with E-state index in [4.69, 9.17) is 16.0 Å². The van der Waals surface area contributed by atoms with E-state index in [0.29, 0.717) is 34.3 Å². The molecule has 0 aliphatic carbocycles. The average Bonchev–Trinajstić information content (AvgIpc) is 2.98. The summed E-state index contributed by atoms with van der Waals surface area (Å²) in [5.41, 5.74) is 2.54. The molecule has 1 aromatic heterocycles. The van der Waals surface area contributed by atoms with Gasteiger partial charge >= 0.3 is 0 Å².